The van der Waals surface area contributed by atoms with Gasteiger partial charge in [-0.25, -0.2) is 0 Å². The van der Waals surface area contributed by atoms with E-state index in [4.69, 9.17) is 10.5 Å². The van der Waals surface area contributed by atoms with Crippen molar-refractivity contribution in [3.63, 3.8) is 0 Å². The van der Waals surface area contributed by atoms with Gasteiger partial charge in [-0.2, -0.15) is 0 Å². The highest BCUT2D eigenvalue weighted by atomic mass is 16.5. The summed E-state index contributed by atoms with van der Waals surface area (Å²) >= 11 is 0. The summed E-state index contributed by atoms with van der Waals surface area (Å²) in [4.78, 5) is 23.7. The lowest BCUT2D eigenvalue weighted by Gasteiger charge is -2.27. The minimum Gasteiger partial charge on any atom is -0.382 e. The maximum Gasteiger partial charge on any atom is 0.242 e. The molecule has 1 fully saturated rings. The highest BCUT2D eigenvalue weighted by Gasteiger charge is 2.26. The summed E-state index contributed by atoms with van der Waals surface area (Å²) in [5, 5.41) is 2.75. The van der Waals surface area contributed by atoms with E-state index in [0.29, 0.717) is 5.92 Å². The average Bonchev–Trinajstić information content (AvgIpc) is 2.47. The van der Waals surface area contributed by atoms with E-state index >= 15 is 0 Å². The Balaban J connectivity index is 2.56. The zero-order valence-electron chi connectivity index (χ0n) is 13.4. The van der Waals surface area contributed by atoms with Crippen molar-refractivity contribution in [3.05, 3.63) is 0 Å². The molecule has 2 amide bonds. The number of methoxy groups -OCH3 is 1. The van der Waals surface area contributed by atoms with Crippen LogP contribution < -0.4 is 11.1 Å². The molecule has 5 heteroatoms. The van der Waals surface area contributed by atoms with Crippen LogP contribution in [0, 0.1) is 11.8 Å². The lowest BCUT2D eigenvalue weighted by molar-refractivity contribution is -0.131. The predicted molar refractivity (Wildman–Crippen MR) is 82.6 cm³/mol. The number of carbonyl (C=O) groups excluding carboxylic acids is 2. The van der Waals surface area contributed by atoms with E-state index < -0.39 is 11.9 Å². The summed E-state index contributed by atoms with van der Waals surface area (Å²) in [6.45, 7) is 2.21. The van der Waals surface area contributed by atoms with Crippen molar-refractivity contribution in [2.24, 2.45) is 17.6 Å². The maximum absolute atomic E-state index is 12.4. The summed E-state index contributed by atoms with van der Waals surface area (Å²) < 4.78 is 4.94. The van der Waals surface area contributed by atoms with Crippen molar-refractivity contribution in [3.8, 4) is 0 Å². The summed E-state index contributed by atoms with van der Waals surface area (Å²) in [7, 11) is 1.49. The molecular formula is C16H30N2O3. The van der Waals surface area contributed by atoms with Crippen LogP contribution in [0.4, 0.5) is 0 Å². The van der Waals surface area contributed by atoms with Gasteiger partial charge in [0, 0.05) is 13.0 Å². The molecule has 0 bridgehead atoms. The van der Waals surface area contributed by atoms with Gasteiger partial charge in [0.2, 0.25) is 11.8 Å². The molecule has 0 heterocycles. The quantitative estimate of drug-likeness (QED) is 0.683. The first-order chi connectivity index (χ1) is 10.1. The van der Waals surface area contributed by atoms with E-state index in [-0.39, 0.29) is 18.4 Å². The molecular weight excluding hydrogens is 268 g/mol. The lowest BCUT2D eigenvalue weighted by Crippen LogP contribution is -2.49. The van der Waals surface area contributed by atoms with Crippen LogP contribution in [0.25, 0.3) is 0 Å². The van der Waals surface area contributed by atoms with Gasteiger partial charge in [-0.3, -0.25) is 9.59 Å². The van der Waals surface area contributed by atoms with E-state index in [2.05, 4.69) is 12.2 Å². The molecule has 0 unspecified atom stereocenters. The van der Waals surface area contributed by atoms with Crippen molar-refractivity contribution in [1.82, 2.24) is 5.32 Å². The molecule has 2 atom stereocenters. The van der Waals surface area contributed by atoms with Crippen molar-refractivity contribution < 1.29 is 14.3 Å². The van der Waals surface area contributed by atoms with Crippen LogP contribution in [0.2, 0.25) is 0 Å². The van der Waals surface area contributed by atoms with Gasteiger partial charge >= 0.3 is 0 Å². The summed E-state index contributed by atoms with van der Waals surface area (Å²) in [6, 6.07) is -0.729. The van der Waals surface area contributed by atoms with Gasteiger partial charge in [0.15, 0.2) is 0 Å². The fraction of sp³-hybridized carbons (Fsp3) is 0.875. The Hall–Kier alpha value is -1.10. The molecule has 122 valence electrons. The molecule has 5 nitrogen and oxygen atoms in total. The van der Waals surface area contributed by atoms with Gasteiger partial charge in [-0.1, -0.05) is 45.4 Å². The maximum atomic E-state index is 12.4. The second kappa shape index (κ2) is 9.77. The van der Waals surface area contributed by atoms with Gasteiger partial charge in [0.05, 0.1) is 6.61 Å². The largest absolute Gasteiger partial charge is 0.382 e. The third kappa shape index (κ3) is 6.46. The zero-order valence-corrected chi connectivity index (χ0v) is 13.4. The van der Waals surface area contributed by atoms with Crippen molar-refractivity contribution >= 4 is 11.8 Å². The Bertz CT molecular complexity index is 327. The van der Waals surface area contributed by atoms with Crippen molar-refractivity contribution in [2.45, 2.75) is 64.3 Å². The Kier molecular flexibility index (Phi) is 8.35. The second-order valence-corrected chi connectivity index (χ2v) is 6.14. The number of nitrogens with two attached hydrogens (primary N) is 1. The van der Waals surface area contributed by atoms with Gasteiger partial charge in [-0.15, -0.1) is 0 Å². The van der Waals surface area contributed by atoms with Crippen molar-refractivity contribution in [2.75, 3.05) is 13.7 Å². The smallest absolute Gasteiger partial charge is 0.242 e. The number of ether oxygens (including phenoxy) is 1. The third-order valence-corrected chi connectivity index (χ3v) is 4.34. The Morgan fingerprint density at radius 2 is 1.95 bits per heavy atom. The number of nitrogens with one attached hydrogen (secondary N) is 1. The van der Waals surface area contributed by atoms with E-state index in [1.54, 1.807) is 0 Å². The number of hydrogen-bond donors (Lipinski definition) is 2. The predicted octanol–water partition coefficient (Wildman–Crippen LogP) is 1.99. The van der Waals surface area contributed by atoms with E-state index in [0.717, 1.165) is 19.3 Å². The molecule has 0 saturated heterocycles. The molecule has 21 heavy (non-hydrogen) atoms. The average molecular weight is 298 g/mol. The van der Waals surface area contributed by atoms with Gasteiger partial charge < -0.3 is 15.8 Å². The summed E-state index contributed by atoms with van der Waals surface area (Å²) in [5.74, 6) is 0.0358. The Morgan fingerprint density at radius 1 is 1.29 bits per heavy atom. The number of hydrogen-bond acceptors (Lipinski definition) is 3. The molecule has 1 aliphatic carbocycles. The van der Waals surface area contributed by atoms with E-state index in [1.807, 2.05) is 0 Å². The monoisotopic (exact) mass is 298 g/mol. The van der Waals surface area contributed by atoms with Crippen LogP contribution in [-0.4, -0.2) is 31.6 Å². The number of rotatable bonds is 9. The first-order valence-electron chi connectivity index (χ1n) is 8.17. The minimum absolute atomic E-state index is 0.0168. The Labute approximate surface area is 128 Å². The molecule has 1 aliphatic rings. The topological polar surface area (TPSA) is 81.4 Å². The van der Waals surface area contributed by atoms with Gasteiger partial charge in [0.25, 0.3) is 0 Å². The highest BCUT2D eigenvalue weighted by Crippen LogP contribution is 2.30. The molecule has 0 aromatic rings. The van der Waals surface area contributed by atoms with Crippen LogP contribution in [-0.2, 0) is 14.3 Å². The first-order valence-corrected chi connectivity index (χ1v) is 8.17. The highest BCUT2D eigenvalue weighted by molar-refractivity contribution is 5.87. The zero-order chi connectivity index (χ0) is 15.7. The van der Waals surface area contributed by atoms with Gasteiger partial charge in [-0.05, 0) is 18.8 Å². The molecule has 0 aromatic heterocycles. The van der Waals surface area contributed by atoms with Crippen molar-refractivity contribution in [1.29, 1.82) is 0 Å². The molecule has 3 N–H and O–H groups in total. The number of amides is 2. The summed E-state index contributed by atoms with van der Waals surface area (Å²) in [6.07, 6.45) is 9.08. The fourth-order valence-electron chi connectivity index (χ4n) is 3.18. The molecule has 0 radical (unpaired) electrons. The van der Waals surface area contributed by atoms with Crippen LogP contribution in [0.3, 0.4) is 0 Å². The van der Waals surface area contributed by atoms with Crippen LogP contribution in [0.5, 0.6) is 0 Å². The fourth-order valence-corrected chi connectivity index (χ4v) is 3.18. The van der Waals surface area contributed by atoms with E-state index in [1.165, 1.54) is 39.2 Å². The first kappa shape index (κ1) is 18.0. The standard InChI is InChI=1S/C16H30N2O3/c1-3-7-13(10-12-8-5-4-6-9-12)16(20)18-14(11-21-2)15(17)19/h12-14H,3-11H2,1-2H3,(H2,17,19)(H,18,20)/t13-,14-/m1/s1. The number of primary amides is 1. The third-order valence-electron chi connectivity index (χ3n) is 4.34. The molecule has 1 rings (SSSR count). The lowest BCUT2D eigenvalue weighted by atomic mass is 9.81. The van der Waals surface area contributed by atoms with Crippen LogP contribution in [0.1, 0.15) is 58.3 Å². The number of carbonyl (C=O) groups is 2. The van der Waals surface area contributed by atoms with Crippen LogP contribution >= 0.6 is 0 Å². The molecule has 0 aliphatic heterocycles. The van der Waals surface area contributed by atoms with Crippen LogP contribution in [0.15, 0.2) is 0 Å². The van der Waals surface area contributed by atoms with E-state index in [9.17, 15) is 9.59 Å². The normalized spacial score (nSPS) is 19.0. The second-order valence-electron chi connectivity index (χ2n) is 6.14. The Morgan fingerprint density at radius 3 is 2.48 bits per heavy atom. The molecule has 0 spiro atoms. The SMILES string of the molecule is CCC[C@H](CC1CCCCC1)C(=O)N[C@H](COC)C(N)=O. The molecule has 1 saturated carbocycles. The minimum atomic E-state index is -0.729. The molecule has 0 aromatic carbocycles. The van der Waals surface area contributed by atoms with Gasteiger partial charge in [0.1, 0.15) is 6.04 Å². The summed E-state index contributed by atoms with van der Waals surface area (Å²) in [5.41, 5.74) is 5.30.